The molecule has 0 spiro atoms. The molecule has 158 valence electrons. The fraction of sp³-hybridized carbons (Fsp3) is 0.217. The van der Waals surface area contributed by atoms with Crippen molar-refractivity contribution < 1.29 is 18.3 Å². The third-order valence-corrected chi connectivity index (χ3v) is 5.14. The second-order valence-corrected chi connectivity index (χ2v) is 7.50. The third kappa shape index (κ3) is 6.08. The molecule has 0 fully saturated rings. The Hall–Kier alpha value is -2.34. The van der Waals surface area contributed by atoms with Gasteiger partial charge < -0.3 is 14.8 Å². The summed E-state index contributed by atoms with van der Waals surface area (Å²) >= 11 is 12.5. The number of rotatable bonds is 9. The first-order chi connectivity index (χ1) is 14.5. The van der Waals surface area contributed by atoms with E-state index in [4.69, 9.17) is 32.7 Å². The van der Waals surface area contributed by atoms with Crippen LogP contribution in [0.15, 0.2) is 54.6 Å². The average molecular weight is 452 g/mol. The van der Waals surface area contributed by atoms with Crippen LogP contribution in [0.1, 0.15) is 16.7 Å². The van der Waals surface area contributed by atoms with Crippen molar-refractivity contribution in [3.8, 4) is 11.5 Å². The van der Waals surface area contributed by atoms with Gasteiger partial charge in [-0.3, -0.25) is 0 Å². The predicted octanol–water partition coefficient (Wildman–Crippen LogP) is 6.19. The Morgan fingerprint density at radius 3 is 2.30 bits per heavy atom. The number of hydrogen-bond acceptors (Lipinski definition) is 3. The summed E-state index contributed by atoms with van der Waals surface area (Å²) in [5.41, 5.74) is 2.63. The van der Waals surface area contributed by atoms with Gasteiger partial charge in [0.2, 0.25) is 0 Å². The SMILES string of the molecule is COc1cc(CNCCc2ccc(F)cc2)cc(Cl)c1OCc1ccc(F)cc1Cl. The summed E-state index contributed by atoms with van der Waals surface area (Å²) in [5, 5.41) is 4.02. The summed E-state index contributed by atoms with van der Waals surface area (Å²) in [5.74, 6) is 0.249. The van der Waals surface area contributed by atoms with Gasteiger partial charge in [-0.05, 0) is 60.5 Å². The molecule has 30 heavy (non-hydrogen) atoms. The molecule has 3 aromatic carbocycles. The summed E-state index contributed by atoms with van der Waals surface area (Å²) in [6, 6.07) is 14.2. The summed E-state index contributed by atoms with van der Waals surface area (Å²) in [4.78, 5) is 0. The largest absolute Gasteiger partial charge is 0.493 e. The highest BCUT2D eigenvalue weighted by Crippen LogP contribution is 2.37. The topological polar surface area (TPSA) is 30.5 Å². The second-order valence-electron chi connectivity index (χ2n) is 6.69. The van der Waals surface area contributed by atoms with Crippen LogP contribution in [0.3, 0.4) is 0 Å². The molecule has 3 aromatic rings. The Balaban J connectivity index is 1.59. The van der Waals surface area contributed by atoms with Crippen molar-refractivity contribution in [2.45, 2.75) is 19.6 Å². The molecule has 1 N–H and O–H groups in total. The van der Waals surface area contributed by atoms with Crippen LogP contribution in [-0.4, -0.2) is 13.7 Å². The zero-order chi connectivity index (χ0) is 21.5. The molecule has 0 aliphatic carbocycles. The van der Waals surface area contributed by atoms with E-state index in [0.29, 0.717) is 28.6 Å². The zero-order valence-corrected chi connectivity index (χ0v) is 17.9. The quantitative estimate of drug-likeness (QED) is 0.393. The van der Waals surface area contributed by atoms with E-state index in [0.717, 1.165) is 24.1 Å². The first kappa shape index (κ1) is 22.3. The highest BCUT2D eigenvalue weighted by molar-refractivity contribution is 6.32. The fourth-order valence-electron chi connectivity index (χ4n) is 2.92. The van der Waals surface area contributed by atoms with Crippen LogP contribution in [0, 0.1) is 11.6 Å². The molecule has 0 unspecified atom stereocenters. The van der Waals surface area contributed by atoms with Crippen LogP contribution in [0.5, 0.6) is 11.5 Å². The molecule has 0 amide bonds. The molecule has 7 heteroatoms. The van der Waals surface area contributed by atoms with Crippen LogP contribution in [0.25, 0.3) is 0 Å². The van der Waals surface area contributed by atoms with Gasteiger partial charge in [0.15, 0.2) is 11.5 Å². The Morgan fingerprint density at radius 1 is 0.867 bits per heavy atom. The van der Waals surface area contributed by atoms with Crippen LogP contribution in [-0.2, 0) is 19.6 Å². The normalized spacial score (nSPS) is 10.8. The van der Waals surface area contributed by atoms with E-state index in [1.54, 1.807) is 24.3 Å². The minimum atomic E-state index is -0.407. The maximum absolute atomic E-state index is 13.2. The molecule has 0 saturated carbocycles. The van der Waals surface area contributed by atoms with E-state index < -0.39 is 5.82 Å². The van der Waals surface area contributed by atoms with Crippen LogP contribution in [0.2, 0.25) is 10.0 Å². The van der Waals surface area contributed by atoms with Crippen molar-refractivity contribution in [3.05, 3.63) is 93.0 Å². The number of ether oxygens (including phenoxy) is 2. The maximum Gasteiger partial charge on any atom is 0.180 e. The first-order valence-corrected chi connectivity index (χ1v) is 10.1. The van der Waals surface area contributed by atoms with E-state index in [1.165, 1.54) is 31.4 Å². The van der Waals surface area contributed by atoms with E-state index in [9.17, 15) is 8.78 Å². The van der Waals surface area contributed by atoms with Crippen LogP contribution in [0.4, 0.5) is 8.78 Å². The number of halogens is 4. The van der Waals surface area contributed by atoms with E-state index in [1.807, 2.05) is 6.07 Å². The number of methoxy groups -OCH3 is 1. The molecule has 0 aliphatic rings. The smallest absolute Gasteiger partial charge is 0.180 e. The molecule has 0 aliphatic heterocycles. The Labute approximate surface area is 184 Å². The molecule has 0 radical (unpaired) electrons. The number of nitrogens with one attached hydrogen (secondary N) is 1. The molecule has 0 aromatic heterocycles. The highest BCUT2D eigenvalue weighted by Gasteiger charge is 2.13. The molecule has 0 atom stereocenters. The molecule has 3 nitrogen and oxygen atoms in total. The second kappa shape index (κ2) is 10.6. The van der Waals surface area contributed by atoms with Gasteiger partial charge in [0.05, 0.1) is 17.2 Å². The lowest BCUT2D eigenvalue weighted by molar-refractivity contribution is 0.284. The van der Waals surface area contributed by atoms with Gasteiger partial charge in [0.1, 0.15) is 18.2 Å². The highest BCUT2D eigenvalue weighted by atomic mass is 35.5. The molecular weight excluding hydrogens is 431 g/mol. The zero-order valence-electron chi connectivity index (χ0n) is 16.4. The van der Waals surface area contributed by atoms with Crippen molar-refractivity contribution in [1.82, 2.24) is 5.32 Å². The van der Waals surface area contributed by atoms with Gasteiger partial charge >= 0.3 is 0 Å². The van der Waals surface area contributed by atoms with Crippen molar-refractivity contribution in [2.24, 2.45) is 0 Å². The monoisotopic (exact) mass is 451 g/mol. The molecular formula is C23H21Cl2F2NO2. The van der Waals surface area contributed by atoms with Gasteiger partial charge in [0.25, 0.3) is 0 Å². The van der Waals surface area contributed by atoms with Crippen molar-refractivity contribution >= 4 is 23.2 Å². The van der Waals surface area contributed by atoms with Gasteiger partial charge in [-0.1, -0.05) is 41.4 Å². The minimum Gasteiger partial charge on any atom is -0.493 e. The first-order valence-electron chi connectivity index (χ1n) is 9.34. The summed E-state index contributed by atoms with van der Waals surface area (Å²) < 4.78 is 37.4. The van der Waals surface area contributed by atoms with Crippen LogP contribution < -0.4 is 14.8 Å². The van der Waals surface area contributed by atoms with E-state index in [-0.39, 0.29) is 17.4 Å². The standard InChI is InChI=1S/C23H21Cl2F2NO2/c1-29-22-11-16(13-28-9-8-15-2-5-18(26)6-3-15)10-21(25)23(22)30-14-17-4-7-19(27)12-20(17)24/h2-7,10-12,28H,8-9,13-14H2,1H3. The summed E-state index contributed by atoms with van der Waals surface area (Å²) in [6.07, 6.45) is 0.783. The maximum atomic E-state index is 13.2. The fourth-order valence-corrected chi connectivity index (χ4v) is 3.43. The van der Waals surface area contributed by atoms with Gasteiger partial charge in [-0.25, -0.2) is 8.78 Å². The van der Waals surface area contributed by atoms with E-state index >= 15 is 0 Å². The molecule has 0 heterocycles. The number of benzene rings is 3. The van der Waals surface area contributed by atoms with Crippen LogP contribution >= 0.6 is 23.2 Å². The average Bonchev–Trinajstić information content (AvgIpc) is 2.72. The van der Waals surface area contributed by atoms with Crippen molar-refractivity contribution in [1.29, 1.82) is 0 Å². The van der Waals surface area contributed by atoms with Gasteiger partial charge in [-0.15, -0.1) is 0 Å². The molecule has 0 bridgehead atoms. The lowest BCUT2D eigenvalue weighted by Gasteiger charge is -2.15. The van der Waals surface area contributed by atoms with E-state index in [2.05, 4.69) is 5.32 Å². The third-order valence-electron chi connectivity index (χ3n) is 4.51. The summed E-state index contributed by atoms with van der Waals surface area (Å²) in [6.45, 7) is 1.44. The molecule has 0 saturated heterocycles. The lowest BCUT2D eigenvalue weighted by Crippen LogP contribution is -2.16. The Bertz CT molecular complexity index is 997. The Kier molecular flexibility index (Phi) is 7.91. The number of hydrogen-bond donors (Lipinski definition) is 1. The lowest BCUT2D eigenvalue weighted by atomic mass is 10.1. The summed E-state index contributed by atoms with van der Waals surface area (Å²) in [7, 11) is 1.54. The Morgan fingerprint density at radius 2 is 1.60 bits per heavy atom. The minimum absolute atomic E-state index is 0.129. The van der Waals surface area contributed by atoms with Gasteiger partial charge in [-0.2, -0.15) is 0 Å². The predicted molar refractivity (Wildman–Crippen MR) is 116 cm³/mol. The molecule has 3 rings (SSSR count). The van der Waals surface area contributed by atoms with Crippen molar-refractivity contribution in [3.63, 3.8) is 0 Å². The van der Waals surface area contributed by atoms with Crippen molar-refractivity contribution in [2.75, 3.05) is 13.7 Å². The van der Waals surface area contributed by atoms with Gasteiger partial charge in [0, 0.05) is 12.1 Å².